The molecule has 18 heavy (non-hydrogen) atoms. The van der Waals surface area contributed by atoms with Crippen LogP contribution in [-0.4, -0.2) is 18.8 Å². The van der Waals surface area contributed by atoms with Crippen LogP contribution in [0.1, 0.15) is 35.6 Å². The number of aliphatic hydroxyl groups excluding tert-OH is 1. The molecule has 1 aromatic rings. The highest BCUT2D eigenvalue weighted by molar-refractivity contribution is 5.48. The van der Waals surface area contributed by atoms with Crippen molar-refractivity contribution in [1.82, 2.24) is 0 Å². The van der Waals surface area contributed by atoms with E-state index in [1.54, 1.807) is 7.11 Å². The maximum Gasteiger partial charge on any atom is 0.122 e. The molecule has 0 radical (unpaired) electrons. The molecule has 100 valence electrons. The number of aryl methyl sites for hydroxylation is 1. The molecule has 0 saturated carbocycles. The number of hydrogen-bond donors (Lipinski definition) is 1. The van der Waals surface area contributed by atoms with E-state index >= 15 is 0 Å². The number of benzene rings is 1. The maximum absolute atomic E-state index is 8.86. The fourth-order valence-corrected chi connectivity index (χ4v) is 2.28. The summed E-state index contributed by atoms with van der Waals surface area (Å²) in [5.74, 6) is 0.969. The molecule has 1 N–H and O–H groups in total. The van der Waals surface area contributed by atoms with Crippen LogP contribution in [0.2, 0.25) is 0 Å². The third-order valence-electron chi connectivity index (χ3n) is 3.64. The van der Waals surface area contributed by atoms with Gasteiger partial charge in [-0.2, -0.15) is 0 Å². The number of methoxy groups -OCH3 is 1. The molecule has 2 heteroatoms. The fraction of sp³-hybridized carbons (Fsp3) is 0.500. The molecule has 1 aromatic carbocycles. The molecule has 0 aliphatic rings. The van der Waals surface area contributed by atoms with Crippen molar-refractivity contribution >= 4 is 0 Å². The Balaban J connectivity index is 2.96. The topological polar surface area (TPSA) is 29.5 Å². The highest BCUT2D eigenvalue weighted by atomic mass is 16.5. The second kappa shape index (κ2) is 6.60. The molecule has 0 heterocycles. The van der Waals surface area contributed by atoms with E-state index < -0.39 is 0 Å². The second-order valence-electron chi connectivity index (χ2n) is 4.86. The lowest BCUT2D eigenvalue weighted by molar-refractivity contribution is 0.341. The maximum atomic E-state index is 8.86. The first kappa shape index (κ1) is 14.8. The molecule has 0 unspecified atom stereocenters. The summed E-state index contributed by atoms with van der Waals surface area (Å²) in [4.78, 5) is 0. The highest BCUT2D eigenvalue weighted by Crippen LogP contribution is 2.28. The van der Waals surface area contributed by atoms with E-state index in [-0.39, 0.29) is 6.61 Å². The molecule has 0 fully saturated rings. The molecule has 0 spiro atoms. The van der Waals surface area contributed by atoms with Crippen LogP contribution in [-0.2, 0) is 6.42 Å². The average Bonchev–Trinajstić information content (AvgIpc) is 2.34. The summed E-state index contributed by atoms with van der Waals surface area (Å²) in [5, 5.41) is 8.86. The number of rotatable bonds is 5. The Labute approximate surface area is 110 Å². The van der Waals surface area contributed by atoms with Crippen LogP contribution >= 0.6 is 0 Å². The van der Waals surface area contributed by atoms with Gasteiger partial charge in [-0.3, -0.25) is 0 Å². The van der Waals surface area contributed by atoms with Gasteiger partial charge >= 0.3 is 0 Å². The van der Waals surface area contributed by atoms with E-state index in [1.165, 1.54) is 27.8 Å². The van der Waals surface area contributed by atoms with Gasteiger partial charge in [0.15, 0.2) is 0 Å². The molecule has 1 rings (SSSR count). The number of ether oxygens (including phenoxy) is 1. The quantitative estimate of drug-likeness (QED) is 0.808. The first-order chi connectivity index (χ1) is 8.51. The van der Waals surface area contributed by atoms with Crippen LogP contribution < -0.4 is 4.74 Å². The second-order valence-corrected chi connectivity index (χ2v) is 4.86. The zero-order valence-electron chi connectivity index (χ0n) is 12.1. The summed E-state index contributed by atoms with van der Waals surface area (Å²) in [6.07, 6.45) is 3.89. The van der Waals surface area contributed by atoms with Crippen molar-refractivity contribution in [2.75, 3.05) is 13.7 Å². The van der Waals surface area contributed by atoms with Crippen LogP contribution in [0.4, 0.5) is 0 Å². The Hall–Kier alpha value is -1.28. The van der Waals surface area contributed by atoms with E-state index in [4.69, 9.17) is 9.84 Å². The van der Waals surface area contributed by atoms with E-state index in [0.29, 0.717) is 0 Å². The SMILES string of the molecule is COc1cc(C)c(CCC(C)=CCO)c(C)c1C. The van der Waals surface area contributed by atoms with E-state index in [1.807, 2.05) is 6.08 Å². The van der Waals surface area contributed by atoms with Crippen molar-refractivity contribution in [3.8, 4) is 5.75 Å². The van der Waals surface area contributed by atoms with Gasteiger partial charge in [0.2, 0.25) is 0 Å². The summed E-state index contributed by atoms with van der Waals surface area (Å²) in [6.45, 7) is 8.59. The van der Waals surface area contributed by atoms with Crippen molar-refractivity contribution in [3.05, 3.63) is 40.0 Å². The van der Waals surface area contributed by atoms with Gasteiger partial charge < -0.3 is 9.84 Å². The van der Waals surface area contributed by atoms with Gasteiger partial charge in [0.25, 0.3) is 0 Å². The Kier molecular flexibility index (Phi) is 5.42. The molecular formula is C16H24O2. The lowest BCUT2D eigenvalue weighted by Gasteiger charge is -2.16. The Morgan fingerprint density at radius 1 is 1.28 bits per heavy atom. The van der Waals surface area contributed by atoms with Crippen LogP contribution in [0.15, 0.2) is 17.7 Å². The first-order valence-corrected chi connectivity index (χ1v) is 6.41. The molecule has 0 aliphatic heterocycles. The molecule has 2 nitrogen and oxygen atoms in total. The monoisotopic (exact) mass is 248 g/mol. The van der Waals surface area contributed by atoms with Gasteiger partial charge in [-0.1, -0.05) is 11.6 Å². The molecule has 0 aromatic heterocycles. The van der Waals surface area contributed by atoms with Gasteiger partial charge in [-0.05, 0) is 68.9 Å². The van der Waals surface area contributed by atoms with Crippen molar-refractivity contribution in [3.63, 3.8) is 0 Å². The van der Waals surface area contributed by atoms with Crippen molar-refractivity contribution in [2.45, 2.75) is 40.5 Å². The van der Waals surface area contributed by atoms with Crippen molar-refractivity contribution in [2.24, 2.45) is 0 Å². The summed E-state index contributed by atoms with van der Waals surface area (Å²) in [6, 6.07) is 2.11. The summed E-state index contributed by atoms with van der Waals surface area (Å²) < 4.78 is 5.38. The molecule has 0 saturated heterocycles. The van der Waals surface area contributed by atoms with E-state index in [9.17, 15) is 0 Å². The molecule has 0 bridgehead atoms. The van der Waals surface area contributed by atoms with Gasteiger partial charge in [0.05, 0.1) is 13.7 Å². The van der Waals surface area contributed by atoms with Gasteiger partial charge in [-0.15, -0.1) is 0 Å². The Morgan fingerprint density at radius 2 is 1.94 bits per heavy atom. The van der Waals surface area contributed by atoms with Crippen LogP contribution in [0.3, 0.4) is 0 Å². The minimum absolute atomic E-state index is 0.130. The zero-order chi connectivity index (χ0) is 13.7. The normalized spacial score (nSPS) is 11.8. The molecule has 0 atom stereocenters. The van der Waals surface area contributed by atoms with E-state index in [2.05, 4.69) is 33.8 Å². The number of aliphatic hydroxyl groups is 1. The van der Waals surface area contributed by atoms with E-state index in [0.717, 1.165) is 18.6 Å². The van der Waals surface area contributed by atoms with Gasteiger partial charge in [0.1, 0.15) is 5.75 Å². The van der Waals surface area contributed by atoms with Gasteiger partial charge in [0, 0.05) is 0 Å². The Morgan fingerprint density at radius 3 is 2.50 bits per heavy atom. The van der Waals surface area contributed by atoms with Crippen LogP contribution in [0.5, 0.6) is 5.75 Å². The summed E-state index contributed by atoms with van der Waals surface area (Å²) in [5.41, 5.74) is 6.47. The van der Waals surface area contributed by atoms with Crippen molar-refractivity contribution < 1.29 is 9.84 Å². The molecule has 0 amide bonds. The third kappa shape index (κ3) is 3.36. The number of allylic oxidation sites excluding steroid dienone is 1. The van der Waals surface area contributed by atoms with Gasteiger partial charge in [-0.25, -0.2) is 0 Å². The number of hydrogen-bond acceptors (Lipinski definition) is 2. The largest absolute Gasteiger partial charge is 0.496 e. The lowest BCUT2D eigenvalue weighted by atomic mass is 9.93. The minimum Gasteiger partial charge on any atom is -0.496 e. The van der Waals surface area contributed by atoms with Crippen molar-refractivity contribution in [1.29, 1.82) is 0 Å². The smallest absolute Gasteiger partial charge is 0.122 e. The standard InChI is InChI=1S/C16H24O2/c1-11(8-9-17)6-7-15-12(2)10-16(18-5)14(4)13(15)3/h8,10,17H,6-7,9H2,1-5H3. The lowest BCUT2D eigenvalue weighted by Crippen LogP contribution is -2.00. The summed E-state index contributed by atoms with van der Waals surface area (Å²) in [7, 11) is 1.72. The molecular weight excluding hydrogens is 224 g/mol. The highest BCUT2D eigenvalue weighted by Gasteiger charge is 2.10. The van der Waals surface area contributed by atoms with Crippen LogP contribution in [0.25, 0.3) is 0 Å². The fourth-order valence-electron chi connectivity index (χ4n) is 2.28. The van der Waals surface area contributed by atoms with Crippen LogP contribution in [0, 0.1) is 20.8 Å². The Bertz CT molecular complexity index is 445. The summed E-state index contributed by atoms with van der Waals surface area (Å²) >= 11 is 0. The third-order valence-corrected chi connectivity index (χ3v) is 3.64. The molecule has 0 aliphatic carbocycles. The first-order valence-electron chi connectivity index (χ1n) is 6.41. The average molecular weight is 248 g/mol. The predicted molar refractivity (Wildman–Crippen MR) is 76.4 cm³/mol. The minimum atomic E-state index is 0.130. The zero-order valence-corrected chi connectivity index (χ0v) is 12.1. The predicted octanol–water partition coefficient (Wildman–Crippen LogP) is 3.49.